The number of benzene rings is 2. The zero-order chi connectivity index (χ0) is 17.7. The predicted octanol–water partition coefficient (Wildman–Crippen LogP) is 4.51. The van der Waals surface area contributed by atoms with Crippen LogP contribution in [0.15, 0.2) is 42.5 Å². The summed E-state index contributed by atoms with van der Waals surface area (Å²) in [4.78, 5) is 25.2. The number of hydrogen-bond acceptors (Lipinski definition) is 2. The maximum atomic E-state index is 13.3. The Bertz CT molecular complexity index is 748. The van der Waals surface area contributed by atoms with E-state index < -0.39 is 5.82 Å². The van der Waals surface area contributed by atoms with Crippen molar-refractivity contribution < 1.29 is 14.0 Å². The molecule has 1 N–H and O–H groups in total. The SMILES string of the molecule is CC(=O)N(CCC(=O)Nc1c(Cl)cccc1Cl)c1cccc(F)c1. The molecule has 0 unspecified atom stereocenters. The van der Waals surface area contributed by atoms with Gasteiger partial charge in [0.05, 0.1) is 15.7 Å². The zero-order valence-electron chi connectivity index (χ0n) is 12.9. The lowest BCUT2D eigenvalue weighted by Crippen LogP contribution is -2.32. The number of anilines is 2. The van der Waals surface area contributed by atoms with Gasteiger partial charge in [-0.25, -0.2) is 4.39 Å². The van der Waals surface area contributed by atoms with Gasteiger partial charge in [0.2, 0.25) is 11.8 Å². The van der Waals surface area contributed by atoms with Gasteiger partial charge in [0, 0.05) is 25.6 Å². The van der Waals surface area contributed by atoms with E-state index in [0.717, 1.165) is 0 Å². The molecule has 0 aliphatic carbocycles. The van der Waals surface area contributed by atoms with Crippen LogP contribution in [0, 0.1) is 5.82 Å². The number of halogens is 3. The van der Waals surface area contributed by atoms with E-state index in [1.165, 1.54) is 30.0 Å². The summed E-state index contributed by atoms with van der Waals surface area (Å²) < 4.78 is 13.3. The Labute approximate surface area is 149 Å². The lowest BCUT2D eigenvalue weighted by Gasteiger charge is -2.21. The monoisotopic (exact) mass is 368 g/mol. The fourth-order valence-electron chi connectivity index (χ4n) is 2.14. The van der Waals surface area contributed by atoms with E-state index in [4.69, 9.17) is 23.2 Å². The molecule has 0 spiro atoms. The molecule has 0 aliphatic heterocycles. The number of carbonyl (C=O) groups excluding carboxylic acids is 2. The molecule has 2 amide bonds. The number of rotatable bonds is 5. The molecule has 0 radical (unpaired) electrons. The molecule has 0 saturated heterocycles. The highest BCUT2D eigenvalue weighted by Crippen LogP contribution is 2.29. The van der Waals surface area contributed by atoms with E-state index in [-0.39, 0.29) is 24.8 Å². The second-order valence-electron chi connectivity index (χ2n) is 5.05. The number of carbonyl (C=O) groups is 2. The van der Waals surface area contributed by atoms with Gasteiger partial charge in [0.1, 0.15) is 5.82 Å². The molecule has 0 atom stereocenters. The Morgan fingerprint density at radius 2 is 1.75 bits per heavy atom. The first-order valence-electron chi connectivity index (χ1n) is 7.16. The Morgan fingerprint density at radius 3 is 2.33 bits per heavy atom. The summed E-state index contributed by atoms with van der Waals surface area (Å²) in [6.45, 7) is 1.46. The molecular weight excluding hydrogens is 354 g/mol. The zero-order valence-corrected chi connectivity index (χ0v) is 14.4. The third-order valence-corrected chi connectivity index (χ3v) is 3.92. The summed E-state index contributed by atoms with van der Waals surface area (Å²) in [6, 6.07) is 10.5. The minimum atomic E-state index is -0.453. The van der Waals surface area contributed by atoms with Gasteiger partial charge in [-0.1, -0.05) is 35.3 Å². The van der Waals surface area contributed by atoms with Crippen molar-refractivity contribution in [1.82, 2.24) is 0 Å². The first-order chi connectivity index (χ1) is 11.4. The van der Waals surface area contributed by atoms with Crippen molar-refractivity contribution in [1.29, 1.82) is 0 Å². The van der Waals surface area contributed by atoms with E-state index in [2.05, 4.69) is 5.32 Å². The molecule has 0 fully saturated rings. The molecule has 0 heterocycles. The first-order valence-corrected chi connectivity index (χ1v) is 7.91. The molecule has 0 saturated carbocycles. The summed E-state index contributed by atoms with van der Waals surface area (Å²) in [7, 11) is 0. The van der Waals surface area contributed by atoms with Crippen LogP contribution in [0.25, 0.3) is 0 Å². The number of nitrogens with one attached hydrogen (secondary N) is 1. The summed E-state index contributed by atoms with van der Waals surface area (Å²) in [6.07, 6.45) is 0.0116. The van der Waals surface area contributed by atoms with Gasteiger partial charge in [-0.3, -0.25) is 9.59 Å². The maximum Gasteiger partial charge on any atom is 0.226 e. The summed E-state index contributed by atoms with van der Waals surface area (Å²) in [5.41, 5.74) is 0.719. The summed E-state index contributed by atoms with van der Waals surface area (Å²) in [5, 5.41) is 3.27. The van der Waals surface area contributed by atoms with Gasteiger partial charge in [0.25, 0.3) is 0 Å². The highest BCUT2D eigenvalue weighted by Gasteiger charge is 2.15. The van der Waals surface area contributed by atoms with Crippen LogP contribution in [-0.4, -0.2) is 18.4 Å². The average Bonchev–Trinajstić information content (AvgIpc) is 2.51. The van der Waals surface area contributed by atoms with Crippen LogP contribution >= 0.6 is 23.2 Å². The molecule has 7 heteroatoms. The predicted molar refractivity (Wildman–Crippen MR) is 94.1 cm³/mol. The minimum absolute atomic E-state index is 0.0116. The first kappa shape index (κ1) is 18.2. The van der Waals surface area contributed by atoms with Gasteiger partial charge >= 0.3 is 0 Å². The number of para-hydroxylation sites is 1. The van der Waals surface area contributed by atoms with Crippen LogP contribution in [0.1, 0.15) is 13.3 Å². The quantitative estimate of drug-likeness (QED) is 0.843. The third kappa shape index (κ3) is 4.69. The van der Waals surface area contributed by atoms with Crippen molar-refractivity contribution >= 4 is 46.4 Å². The van der Waals surface area contributed by atoms with Gasteiger partial charge in [-0.05, 0) is 30.3 Å². The van der Waals surface area contributed by atoms with Crippen LogP contribution in [0.5, 0.6) is 0 Å². The van der Waals surface area contributed by atoms with E-state index in [1.807, 2.05) is 0 Å². The Kier molecular flexibility index (Phi) is 6.17. The smallest absolute Gasteiger partial charge is 0.226 e. The highest BCUT2D eigenvalue weighted by atomic mass is 35.5. The molecule has 0 aromatic heterocycles. The van der Waals surface area contributed by atoms with Crippen molar-refractivity contribution in [3.05, 3.63) is 58.3 Å². The number of amides is 2. The van der Waals surface area contributed by atoms with E-state index >= 15 is 0 Å². The molecule has 0 aliphatic rings. The van der Waals surface area contributed by atoms with Crippen molar-refractivity contribution in [2.75, 3.05) is 16.8 Å². The van der Waals surface area contributed by atoms with Crippen LogP contribution in [-0.2, 0) is 9.59 Å². The lowest BCUT2D eigenvalue weighted by atomic mass is 10.2. The molecule has 2 aromatic rings. The number of nitrogens with zero attached hydrogens (tertiary/aromatic N) is 1. The fraction of sp³-hybridized carbons (Fsp3) is 0.176. The second-order valence-corrected chi connectivity index (χ2v) is 5.86. The normalized spacial score (nSPS) is 10.3. The largest absolute Gasteiger partial charge is 0.323 e. The molecule has 126 valence electrons. The third-order valence-electron chi connectivity index (χ3n) is 3.29. The van der Waals surface area contributed by atoms with Crippen molar-refractivity contribution in [3.63, 3.8) is 0 Å². The van der Waals surface area contributed by atoms with Crippen LogP contribution in [0.3, 0.4) is 0 Å². The van der Waals surface area contributed by atoms with Gasteiger partial charge in [-0.2, -0.15) is 0 Å². The van der Waals surface area contributed by atoms with Crippen molar-refractivity contribution in [3.8, 4) is 0 Å². The Morgan fingerprint density at radius 1 is 1.12 bits per heavy atom. The van der Waals surface area contributed by atoms with Crippen LogP contribution < -0.4 is 10.2 Å². The average molecular weight is 369 g/mol. The van der Waals surface area contributed by atoms with E-state index in [9.17, 15) is 14.0 Å². The number of hydrogen-bond donors (Lipinski definition) is 1. The van der Waals surface area contributed by atoms with Crippen LogP contribution in [0.4, 0.5) is 15.8 Å². The molecular formula is C17H15Cl2FN2O2. The molecule has 2 aromatic carbocycles. The van der Waals surface area contributed by atoms with Crippen molar-refractivity contribution in [2.24, 2.45) is 0 Å². The van der Waals surface area contributed by atoms with E-state index in [1.54, 1.807) is 24.3 Å². The molecule has 0 bridgehead atoms. The highest BCUT2D eigenvalue weighted by molar-refractivity contribution is 6.39. The molecule has 4 nitrogen and oxygen atoms in total. The second kappa shape index (κ2) is 8.13. The summed E-state index contributed by atoms with van der Waals surface area (Å²) >= 11 is 12.0. The Hall–Kier alpha value is -2.11. The topological polar surface area (TPSA) is 49.4 Å². The minimum Gasteiger partial charge on any atom is -0.323 e. The van der Waals surface area contributed by atoms with E-state index in [0.29, 0.717) is 21.4 Å². The standard InChI is InChI=1S/C17H15Cl2FN2O2/c1-11(23)22(13-5-2-4-12(20)10-13)9-8-16(24)21-17-14(18)6-3-7-15(17)19/h2-7,10H,8-9H2,1H3,(H,21,24). The Balaban J connectivity index is 2.04. The summed E-state index contributed by atoms with van der Waals surface area (Å²) in [5.74, 6) is -1.09. The lowest BCUT2D eigenvalue weighted by molar-refractivity contribution is -0.117. The molecule has 2 rings (SSSR count). The maximum absolute atomic E-state index is 13.3. The van der Waals surface area contributed by atoms with Crippen molar-refractivity contribution in [2.45, 2.75) is 13.3 Å². The van der Waals surface area contributed by atoms with Crippen LogP contribution in [0.2, 0.25) is 10.0 Å². The van der Waals surface area contributed by atoms with Gasteiger partial charge in [-0.15, -0.1) is 0 Å². The fourth-order valence-corrected chi connectivity index (χ4v) is 2.64. The molecule has 24 heavy (non-hydrogen) atoms. The van der Waals surface area contributed by atoms with Gasteiger partial charge in [0.15, 0.2) is 0 Å². The van der Waals surface area contributed by atoms with Gasteiger partial charge < -0.3 is 10.2 Å².